The largest absolute Gasteiger partial charge is 0.287 e. The average Bonchev–Trinajstić information content (AvgIpc) is 2.27. The molecule has 0 aliphatic heterocycles. The van der Waals surface area contributed by atoms with Gasteiger partial charge in [-0.1, -0.05) is 6.92 Å². The van der Waals surface area contributed by atoms with Crippen molar-refractivity contribution < 1.29 is 9.31 Å². The highest BCUT2D eigenvalue weighted by Crippen LogP contribution is 2.17. The number of non-ortho nitro benzene ring substituents is 1. The topological polar surface area (TPSA) is 70.2 Å². The van der Waals surface area contributed by atoms with Gasteiger partial charge in [0.15, 0.2) is 0 Å². The Hall–Kier alpha value is -2.00. The quantitative estimate of drug-likeness (QED) is 0.446. The summed E-state index contributed by atoms with van der Waals surface area (Å²) in [5, 5.41) is 19.1. The first-order valence-corrected chi connectivity index (χ1v) is 5.10. The Labute approximate surface area is 98.2 Å². The molecule has 0 aromatic heterocycles. The normalized spacial score (nSPS) is 10.2. The number of nitro benzene ring substituents is 1. The van der Waals surface area contributed by atoms with Crippen molar-refractivity contribution >= 4 is 5.69 Å². The summed E-state index contributed by atoms with van der Waals surface area (Å²) in [6.45, 7) is 3.02. The predicted molar refractivity (Wildman–Crippen MR) is 59.6 cm³/mol. The van der Waals surface area contributed by atoms with Gasteiger partial charge in [-0.25, -0.2) is 4.39 Å². The van der Waals surface area contributed by atoms with Gasteiger partial charge in [-0.3, -0.25) is 15.0 Å². The molecule has 17 heavy (non-hydrogen) atoms. The molecule has 0 heterocycles. The van der Waals surface area contributed by atoms with Crippen LogP contribution in [0.25, 0.3) is 0 Å². The fraction of sp³-hybridized carbons (Fsp3) is 0.364. The molecule has 0 saturated heterocycles. The molecule has 0 unspecified atom stereocenters. The van der Waals surface area contributed by atoms with E-state index in [0.717, 1.165) is 6.07 Å². The van der Waals surface area contributed by atoms with Gasteiger partial charge in [-0.05, 0) is 18.2 Å². The molecule has 0 aliphatic carbocycles. The van der Waals surface area contributed by atoms with Gasteiger partial charge in [0.05, 0.1) is 23.6 Å². The van der Waals surface area contributed by atoms with Crippen LogP contribution < -0.4 is 0 Å². The van der Waals surface area contributed by atoms with Crippen molar-refractivity contribution in [2.24, 2.45) is 0 Å². The smallest absolute Gasteiger partial charge is 0.272 e. The van der Waals surface area contributed by atoms with Gasteiger partial charge in [-0.2, -0.15) is 5.26 Å². The van der Waals surface area contributed by atoms with E-state index in [9.17, 15) is 14.5 Å². The number of benzene rings is 1. The van der Waals surface area contributed by atoms with Crippen LogP contribution in [-0.4, -0.2) is 22.9 Å². The van der Waals surface area contributed by atoms with E-state index in [0.29, 0.717) is 18.7 Å². The van der Waals surface area contributed by atoms with Gasteiger partial charge < -0.3 is 0 Å². The van der Waals surface area contributed by atoms with Crippen LogP contribution in [0.1, 0.15) is 12.5 Å². The maximum atomic E-state index is 13.1. The summed E-state index contributed by atoms with van der Waals surface area (Å²) in [6.07, 6.45) is 0. The molecule has 0 aliphatic rings. The average molecular weight is 237 g/mol. The summed E-state index contributed by atoms with van der Waals surface area (Å²) in [5.74, 6) is -0.637. The predicted octanol–water partition coefficient (Wildman–Crippen LogP) is 2.08. The second kappa shape index (κ2) is 5.92. The number of nitriles is 1. The second-order valence-corrected chi connectivity index (χ2v) is 3.54. The van der Waals surface area contributed by atoms with Crippen molar-refractivity contribution in [1.82, 2.24) is 4.90 Å². The van der Waals surface area contributed by atoms with Crippen LogP contribution in [0.5, 0.6) is 0 Å². The van der Waals surface area contributed by atoms with E-state index < -0.39 is 10.7 Å². The van der Waals surface area contributed by atoms with Crippen molar-refractivity contribution in [1.29, 1.82) is 5.26 Å². The fourth-order valence-corrected chi connectivity index (χ4v) is 1.47. The van der Waals surface area contributed by atoms with Gasteiger partial charge in [0, 0.05) is 12.6 Å². The summed E-state index contributed by atoms with van der Waals surface area (Å²) in [4.78, 5) is 11.7. The summed E-state index contributed by atoms with van der Waals surface area (Å²) in [6, 6.07) is 5.43. The molecule has 0 N–H and O–H groups in total. The molecule has 90 valence electrons. The maximum absolute atomic E-state index is 13.1. The minimum atomic E-state index is -0.637. The van der Waals surface area contributed by atoms with Crippen LogP contribution in [0.15, 0.2) is 18.2 Å². The van der Waals surface area contributed by atoms with Crippen molar-refractivity contribution in [3.63, 3.8) is 0 Å². The summed E-state index contributed by atoms with van der Waals surface area (Å²) in [5.41, 5.74) is 0.224. The lowest BCUT2D eigenvalue weighted by molar-refractivity contribution is -0.385. The van der Waals surface area contributed by atoms with Crippen molar-refractivity contribution in [2.45, 2.75) is 13.5 Å². The molecule has 5 nitrogen and oxygen atoms in total. The zero-order valence-electron chi connectivity index (χ0n) is 9.39. The van der Waals surface area contributed by atoms with Crippen molar-refractivity contribution in [3.8, 4) is 6.07 Å². The van der Waals surface area contributed by atoms with Crippen LogP contribution >= 0.6 is 0 Å². The molecule has 1 aromatic rings. The zero-order valence-corrected chi connectivity index (χ0v) is 9.39. The molecule has 0 saturated carbocycles. The lowest BCUT2D eigenvalue weighted by atomic mass is 10.2. The van der Waals surface area contributed by atoms with Crippen LogP contribution in [0.3, 0.4) is 0 Å². The van der Waals surface area contributed by atoms with Gasteiger partial charge in [0.25, 0.3) is 5.69 Å². The van der Waals surface area contributed by atoms with Crippen LogP contribution in [-0.2, 0) is 6.54 Å². The van der Waals surface area contributed by atoms with Crippen molar-refractivity contribution in [3.05, 3.63) is 39.7 Å². The molecule has 0 radical (unpaired) electrons. The number of rotatable bonds is 5. The number of nitro groups is 1. The summed E-state index contributed by atoms with van der Waals surface area (Å²) in [7, 11) is 0. The molecular weight excluding hydrogens is 225 g/mol. The van der Waals surface area contributed by atoms with Gasteiger partial charge in [0.2, 0.25) is 0 Å². The van der Waals surface area contributed by atoms with E-state index >= 15 is 0 Å². The number of nitrogens with zero attached hydrogens (tertiary/aromatic N) is 3. The molecule has 0 amide bonds. The first-order chi connectivity index (χ1) is 8.06. The molecule has 0 spiro atoms. The fourth-order valence-electron chi connectivity index (χ4n) is 1.47. The lowest BCUT2D eigenvalue weighted by Crippen LogP contribution is -2.23. The summed E-state index contributed by atoms with van der Waals surface area (Å²) < 4.78 is 13.1. The Kier molecular flexibility index (Phi) is 4.55. The Morgan fingerprint density at radius 2 is 2.24 bits per heavy atom. The first kappa shape index (κ1) is 13.1. The molecular formula is C11H12FN3O2. The third-order valence-electron chi connectivity index (χ3n) is 2.30. The van der Waals surface area contributed by atoms with Crippen molar-refractivity contribution in [2.75, 3.05) is 13.1 Å². The number of halogens is 1. The molecule has 0 atom stereocenters. The van der Waals surface area contributed by atoms with E-state index in [2.05, 4.69) is 0 Å². The van der Waals surface area contributed by atoms with Crippen LogP contribution in [0, 0.1) is 27.3 Å². The maximum Gasteiger partial charge on any atom is 0.272 e. The van der Waals surface area contributed by atoms with E-state index in [4.69, 9.17) is 5.26 Å². The summed E-state index contributed by atoms with van der Waals surface area (Å²) >= 11 is 0. The minimum Gasteiger partial charge on any atom is -0.287 e. The lowest BCUT2D eigenvalue weighted by Gasteiger charge is -2.16. The molecule has 1 aromatic carbocycles. The Morgan fingerprint density at radius 1 is 1.53 bits per heavy atom. The molecule has 0 fully saturated rings. The first-order valence-electron chi connectivity index (χ1n) is 5.10. The monoisotopic (exact) mass is 237 g/mol. The van der Waals surface area contributed by atoms with Gasteiger partial charge >= 0.3 is 0 Å². The van der Waals surface area contributed by atoms with Crippen LogP contribution in [0.4, 0.5) is 10.1 Å². The molecule has 6 heteroatoms. The number of hydrogen-bond donors (Lipinski definition) is 0. The second-order valence-electron chi connectivity index (χ2n) is 3.54. The Bertz CT molecular complexity index is 457. The third-order valence-corrected chi connectivity index (χ3v) is 2.30. The minimum absolute atomic E-state index is 0.209. The van der Waals surface area contributed by atoms with E-state index in [1.54, 1.807) is 4.90 Å². The van der Waals surface area contributed by atoms with Crippen LogP contribution in [0.2, 0.25) is 0 Å². The molecule has 1 rings (SSSR count). The third kappa shape index (κ3) is 3.81. The Balaban J connectivity index is 2.91. The highest BCUT2D eigenvalue weighted by molar-refractivity contribution is 5.35. The standard InChI is InChI=1S/C11H12FN3O2/c1-2-14(4-3-13)8-9-5-10(12)7-11(6-9)15(16)17/h5-7H,2,4,8H2,1H3. The van der Waals surface area contributed by atoms with E-state index in [1.165, 1.54) is 12.1 Å². The van der Waals surface area contributed by atoms with Gasteiger partial charge in [0.1, 0.15) is 5.82 Å². The Morgan fingerprint density at radius 3 is 2.76 bits per heavy atom. The van der Waals surface area contributed by atoms with Gasteiger partial charge in [-0.15, -0.1) is 0 Å². The SMILES string of the molecule is CCN(CC#N)Cc1cc(F)cc([N+](=O)[O-])c1. The zero-order chi connectivity index (χ0) is 12.8. The van der Waals surface area contributed by atoms with E-state index in [-0.39, 0.29) is 12.2 Å². The highest BCUT2D eigenvalue weighted by Gasteiger charge is 2.11. The number of hydrogen-bond acceptors (Lipinski definition) is 4. The van der Waals surface area contributed by atoms with E-state index in [1.807, 2.05) is 13.0 Å². The molecule has 0 bridgehead atoms. The highest BCUT2D eigenvalue weighted by atomic mass is 19.1.